The van der Waals surface area contributed by atoms with Crippen LogP contribution in [-0.4, -0.2) is 0 Å². The maximum atomic E-state index is 13.7. The van der Waals surface area contributed by atoms with E-state index in [1.807, 2.05) is 48.5 Å². The summed E-state index contributed by atoms with van der Waals surface area (Å²) in [4.78, 5) is 0. The van der Waals surface area contributed by atoms with E-state index in [1.165, 1.54) is 24.3 Å². The Balaban J connectivity index is 1.85. The zero-order valence-corrected chi connectivity index (χ0v) is 17.1. The Labute approximate surface area is 184 Å². The predicted molar refractivity (Wildman–Crippen MR) is 129 cm³/mol. The molecule has 5 rings (SSSR count). The van der Waals surface area contributed by atoms with Gasteiger partial charge in [-0.2, -0.15) is 0 Å². The number of nitrogen functional groups attached to an aromatic ring is 2. The van der Waals surface area contributed by atoms with Crippen molar-refractivity contribution in [3.8, 4) is 33.4 Å². The summed E-state index contributed by atoms with van der Waals surface area (Å²) in [7, 11) is 0. The highest BCUT2D eigenvalue weighted by atomic mass is 19.1. The van der Waals surface area contributed by atoms with Gasteiger partial charge in [0.15, 0.2) is 0 Å². The van der Waals surface area contributed by atoms with E-state index in [4.69, 9.17) is 11.5 Å². The van der Waals surface area contributed by atoms with Gasteiger partial charge in [0.1, 0.15) is 11.6 Å². The first-order valence-electron chi connectivity index (χ1n) is 10.2. The van der Waals surface area contributed by atoms with Crippen molar-refractivity contribution in [3.63, 3.8) is 0 Å². The molecular weight excluding hydrogens is 402 g/mol. The minimum absolute atomic E-state index is 0.328. The number of hydrogen-bond donors (Lipinski definition) is 2. The Hall–Kier alpha value is -4.18. The van der Waals surface area contributed by atoms with Crippen LogP contribution < -0.4 is 11.5 Å². The largest absolute Gasteiger partial charge is 0.398 e. The van der Waals surface area contributed by atoms with Gasteiger partial charge in [-0.15, -0.1) is 0 Å². The van der Waals surface area contributed by atoms with Gasteiger partial charge in [0, 0.05) is 16.8 Å². The molecule has 156 valence electrons. The van der Waals surface area contributed by atoms with E-state index >= 15 is 0 Å². The van der Waals surface area contributed by atoms with E-state index in [9.17, 15) is 8.78 Å². The maximum Gasteiger partial charge on any atom is 0.123 e. The lowest BCUT2D eigenvalue weighted by Gasteiger charge is -2.20. The first kappa shape index (κ1) is 19.8. The Kier molecular flexibility index (Phi) is 4.83. The average molecular weight is 422 g/mol. The van der Waals surface area contributed by atoms with Crippen molar-refractivity contribution < 1.29 is 8.78 Å². The fraction of sp³-hybridized carbons (Fsp3) is 0. The minimum atomic E-state index is -0.333. The molecule has 0 bridgehead atoms. The summed E-state index contributed by atoms with van der Waals surface area (Å²) in [5.41, 5.74) is 19.0. The molecule has 5 aromatic carbocycles. The summed E-state index contributed by atoms with van der Waals surface area (Å²) >= 11 is 0. The molecule has 0 unspecified atom stereocenters. The number of fused-ring (bicyclic) bond motifs is 1. The molecule has 0 aliphatic carbocycles. The van der Waals surface area contributed by atoms with Crippen molar-refractivity contribution in [3.05, 3.63) is 109 Å². The standard InChI is InChI=1S/C28H20F2N2/c29-20-12-8-18(9-13-20)24-16-25(31)27(23-7-3-5-17-4-1-2-6-22(17)23)28(32)26(24)19-10-14-21(30)15-11-19/h1-16H,31-32H2. The molecule has 0 amide bonds. The van der Waals surface area contributed by atoms with Gasteiger partial charge < -0.3 is 11.5 Å². The van der Waals surface area contributed by atoms with Gasteiger partial charge in [0.05, 0.1) is 5.69 Å². The monoisotopic (exact) mass is 422 g/mol. The van der Waals surface area contributed by atoms with Crippen LogP contribution in [0.2, 0.25) is 0 Å². The molecule has 0 aliphatic rings. The molecule has 2 nitrogen and oxygen atoms in total. The molecule has 0 aromatic heterocycles. The number of anilines is 2. The summed E-state index contributed by atoms with van der Waals surface area (Å²) in [6.07, 6.45) is 0. The first-order valence-corrected chi connectivity index (χ1v) is 10.2. The van der Waals surface area contributed by atoms with Crippen molar-refractivity contribution in [2.24, 2.45) is 0 Å². The summed E-state index contributed by atoms with van der Waals surface area (Å²) in [5.74, 6) is -0.661. The zero-order chi connectivity index (χ0) is 22.2. The number of rotatable bonds is 3. The van der Waals surface area contributed by atoms with E-state index < -0.39 is 0 Å². The van der Waals surface area contributed by atoms with E-state index in [0.717, 1.165) is 44.2 Å². The molecule has 4 heteroatoms. The van der Waals surface area contributed by atoms with Crippen LogP contribution in [0.3, 0.4) is 0 Å². The van der Waals surface area contributed by atoms with Crippen LogP contribution >= 0.6 is 0 Å². The van der Waals surface area contributed by atoms with Gasteiger partial charge in [0.25, 0.3) is 0 Å². The Morgan fingerprint density at radius 3 is 1.81 bits per heavy atom. The Bertz CT molecular complexity index is 1430. The number of hydrogen-bond acceptors (Lipinski definition) is 2. The maximum absolute atomic E-state index is 13.7. The van der Waals surface area contributed by atoms with Crippen LogP contribution in [0.15, 0.2) is 97.1 Å². The van der Waals surface area contributed by atoms with Gasteiger partial charge in [0.2, 0.25) is 0 Å². The Morgan fingerprint density at radius 2 is 1.12 bits per heavy atom. The van der Waals surface area contributed by atoms with Crippen LogP contribution in [0, 0.1) is 11.6 Å². The van der Waals surface area contributed by atoms with Crippen molar-refractivity contribution >= 4 is 22.1 Å². The van der Waals surface area contributed by atoms with E-state index in [2.05, 4.69) is 0 Å². The van der Waals surface area contributed by atoms with Crippen LogP contribution in [0.5, 0.6) is 0 Å². The normalized spacial score (nSPS) is 11.1. The van der Waals surface area contributed by atoms with Crippen molar-refractivity contribution in [2.45, 2.75) is 0 Å². The highest BCUT2D eigenvalue weighted by molar-refractivity contribution is 6.08. The zero-order valence-electron chi connectivity index (χ0n) is 17.1. The average Bonchev–Trinajstić information content (AvgIpc) is 2.80. The second-order valence-corrected chi connectivity index (χ2v) is 7.72. The minimum Gasteiger partial charge on any atom is -0.398 e. The molecule has 32 heavy (non-hydrogen) atoms. The van der Waals surface area contributed by atoms with Crippen LogP contribution in [0.4, 0.5) is 20.2 Å². The van der Waals surface area contributed by atoms with Gasteiger partial charge in [-0.25, -0.2) is 8.78 Å². The summed E-state index contributed by atoms with van der Waals surface area (Å²) in [6, 6.07) is 28.3. The van der Waals surface area contributed by atoms with Crippen molar-refractivity contribution in [2.75, 3.05) is 11.5 Å². The lowest BCUT2D eigenvalue weighted by Crippen LogP contribution is -2.02. The van der Waals surface area contributed by atoms with Gasteiger partial charge >= 0.3 is 0 Å². The summed E-state index contributed by atoms with van der Waals surface area (Å²) < 4.78 is 27.2. The summed E-state index contributed by atoms with van der Waals surface area (Å²) in [5, 5.41) is 2.11. The molecule has 0 spiro atoms. The van der Waals surface area contributed by atoms with Gasteiger partial charge in [-0.05, 0) is 63.4 Å². The summed E-state index contributed by atoms with van der Waals surface area (Å²) in [6.45, 7) is 0. The second kappa shape index (κ2) is 7.82. The van der Waals surface area contributed by atoms with Crippen molar-refractivity contribution in [1.29, 1.82) is 0 Å². The second-order valence-electron chi connectivity index (χ2n) is 7.72. The predicted octanol–water partition coefficient (Wildman–Crippen LogP) is 7.28. The van der Waals surface area contributed by atoms with E-state index in [1.54, 1.807) is 24.3 Å². The highest BCUT2D eigenvalue weighted by Gasteiger charge is 2.20. The quantitative estimate of drug-likeness (QED) is 0.300. The SMILES string of the molecule is Nc1cc(-c2ccc(F)cc2)c(-c2ccc(F)cc2)c(N)c1-c1cccc2ccccc12. The molecular formula is C28H20F2N2. The third kappa shape index (κ3) is 3.36. The van der Waals surface area contributed by atoms with Crippen LogP contribution in [0.25, 0.3) is 44.2 Å². The number of benzene rings is 5. The number of halogens is 2. The molecule has 0 saturated carbocycles. The molecule has 0 radical (unpaired) electrons. The fourth-order valence-electron chi connectivity index (χ4n) is 4.25. The van der Waals surface area contributed by atoms with Crippen LogP contribution in [0.1, 0.15) is 0 Å². The molecule has 0 fully saturated rings. The van der Waals surface area contributed by atoms with E-state index in [0.29, 0.717) is 11.4 Å². The number of nitrogens with two attached hydrogens (primary N) is 2. The molecule has 0 aliphatic heterocycles. The smallest absolute Gasteiger partial charge is 0.123 e. The molecule has 0 saturated heterocycles. The van der Waals surface area contributed by atoms with Gasteiger partial charge in [-0.3, -0.25) is 0 Å². The fourth-order valence-corrected chi connectivity index (χ4v) is 4.25. The lowest BCUT2D eigenvalue weighted by atomic mass is 9.86. The lowest BCUT2D eigenvalue weighted by molar-refractivity contribution is 0.627. The highest BCUT2D eigenvalue weighted by Crippen LogP contribution is 2.46. The third-order valence-corrected chi connectivity index (χ3v) is 5.74. The van der Waals surface area contributed by atoms with E-state index in [-0.39, 0.29) is 11.6 Å². The topological polar surface area (TPSA) is 52.0 Å². The van der Waals surface area contributed by atoms with Crippen LogP contribution in [-0.2, 0) is 0 Å². The molecule has 5 aromatic rings. The van der Waals surface area contributed by atoms with Crippen molar-refractivity contribution in [1.82, 2.24) is 0 Å². The third-order valence-electron chi connectivity index (χ3n) is 5.74. The molecule has 0 heterocycles. The molecule has 4 N–H and O–H groups in total. The molecule has 0 atom stereocenters. The first-order chi connectivity index (χ1) is 15.5. The van der Waals surface area contributed by atoms with Gasteiger partial charge in [-0.1, -0.05) is 66.7 Å². The Morgan fingerprint density at radius 1 is 0.531 bits per heavy atom.